The van der Waals surface area contributed by atoms with Crippen molar-refractivity contribution in [2.75, 3.05) is 18.2 Å². The largest absolute Gasteiger partial charge is 0.454 e. The molecule has 2 aliphatic rings. The number of carbonyl (C=O) groups excluding carboxylic acids is 1. The lowest BCUT2D eigenvalue weighted by Crippen LogP contribution is -2.25. The summed E-state index contributed by atoms with van der Waals surface area (Å²) in [5.74, 6) is -0.265. The van der Waals surface area contributed by atoms with Gasteiger partial charge in [-0.2, -0.15) is 4.98 Å². The Morgan fingerprint density at radius 3 is 2.79 bits per heavy atom. The van der Waals surface area contributed by atoms with E-state index in [-0.39, 0.29) is 43.2 Å². The van der Waals surface area contributed by atoms with Crippen molar-refractivity contribution in [1.82, 2.24) is 10.1 Å². The topological polar surface area (TPSA) is 77.7 Å². The Balaban J connectivity index is 1.38. The van der Waals surface area contributed by atoms with Crippen LogP contribution in [0, 0.1) is 11.6 Å². The number of hydrogen-bond donors (Lipinski definition) is 0. The molecule has 0 N–H and O–H groups in total. The number of aromatic nitrogens is 2. The molecule has 1 saturated heterocycles. The SMILES string of the molecule is O=C1CC(c2noc(-c3ccc4c(c3)OCO4)n2)CN1c1ccc(F)cc1F. The van der Waals surface area contributed by atoms with Gasteiger partial charge in [0, 0.05) is 30.5 Å². The van der Waals surface area contributed by atoms with Gasteiger partial charge >= 0.3 is 0 Å². The fraction of sp³-hybridized carbons (Fsp3) is 0.211. The van der Waals surface area contributed by atoms with Gasteiger partial charge in [-0.3, -0.25) is 4.79 Å². The number of benzene rings is 2. The number of nitrogens with zero attached hydrogens (tertiary/aromatic N) is 3. The van der Waals surface area contributed by atoms with E-state index in [1.54, 1.807) is 18.2 Å². The van der Waals surface area contributed by atoms with E-state index in [4.69, 9.17) is 14.0 Å². The quantitative estimate of drug-likeness (QED) is 0.689. The van der Waals surface area contributed by atoms with Crippen molar-refractivity contribution in [2.24, 2.45) is 0 Å². The highest BCUT2D eigenvalue weighted by atomic mass is 19.1. The first-order valence-electron chi connectivity index (χ1n) is 8.57. The van der Waals surface area contributed by atoms with Crippen LogP contribution in [0.2, 0.25) is 0 Å². The van der Waals surface area contributed by atoms with Crippen molar-refractivity contribution in [2.45, 2.75) is 12.3 Å². The molecule has 9 heteroatoms. The molecule has 0 spiro atoms. The average molecular weight is 385 g/mol. The Labute approximate surface area is 157 Å². The maximum atomic E-state index is 14.0. The van der Waals surface area contributed by atoms with Gasteiger partial charge in [-0.05, 0) is 30.3 Å². The highest BCUT2D eigenvalue weighted by Crippen LogP contribution is 2.37. The number of rotatable bonds is 3. The Kier molecular flexibility index (Phi) is 3.75. The van der Waals surface area contributed by atoms with Crippen LogP contribution in [0.1, 0.15) is 18.2 Å². The Morgan fingerprint density at radius 2 is 1.93 bits per heavy atom. The molecule has 28 heavy (non-hydrogen) atoms. The maximum Gasteiger partial charge on any atom is 0.258 e. The molecule has 142 valence electrons. The van der Waals surface area contributed by atoms with Crippen molar-refractivity contribution >= 4 is 11.6 Å². The third-order valence-electron chi connectivity index (χ3n) is 4.75. The van der Waals surface area contributed by atoms with Crippen LogP contribution in [0.3, 0.4) is 0 Å². The fourth-order valence-corrected chi connectivity index (χ4v) is 3.36. The van der Waals surface area contributed by atoms with E-state index >= 15 is 0 Å². The number of hydrogen-bond acceptors (Lipinski definition) is 6. The average Bonchev–Trinajstić information content (AvgIpc) is 3.40. The molecule has 5 rings (SSSR count). The predicted octanol–water partition coefficient (Wildman–Crippen LogP) is 3.26. The van der Waals surface area contributed by atoms with Gasteiger partial charge < -0.3 is 18.9 Å². The van der Waals surface area contributed by atoms with E-state index in [2.05, 4.69) is 10.1 Å². The van der Waals surface area contributed by atoms with Crippen LogP contribution in [0.25, 0.3) is 11.5 Å². The molecular weight excluding hydrogens is 372 g/mol. The molecule has 1 atom stereocenters. The normalized spacial score (nSPS) is 18.1. The first-order valence-corrected chi connectivity index (χ1v) is 8.57. The lowest BCUT2D eigenvalue weighted by molar-refractivity contribution is -0.117. The standard InChI is InChI=1S/C19H13F2N3O4/c20-12-2-3-14(13(21)7-12)24-8-11(6-17(24)25)18-22-19(28-23-18)10-1-4-15-16(5-10)27-9-26-15/h1-5,7,11H,6,8-9H2. The van der Waals surface area contributed by atoms with Crippen molar-refractivity contribution in [3.8, 4) is 23.0 Å². The lowest BCUT2D eigenvalue weighted by Gasteiger charge is -2.16. The zero-order chi connectivity index (χ0) is 19.3. The molecule has 3 aromatic rings. The van der Waals surface area contributed by atoms with Crippen molar-refractivity contribution in [1.29, 1.82) is 0 Å². The van der Waals surface area contributed by atoms with Crippen LogP contribution in [-0.4, -0.2) is 29.4 Å². The molecule has 2 aliphatic heterocycles. The molecule has 7 nitrogen and oxygen atoms in total. The van der Waals surface area contributed by atoms with Crippen LogP contribution < -0.4 is 14.4 Å². The number of fused-ring (bicyclic) bond motifs is 1. The molecule has 0 saturated carbocycles. The summed E-state index contributed by atoms with van der Waals surface area (Å²) in [6, 6.07) is 8.37. The van der Waals surface area contributed by atoms with Crippen LogP contribution in [-0.2, 0) is 4.79 Å². The molecule has 0 bridgehead atoms. The summed E-state index contributed by atoms with van der Waals surface area (Å²) in [4.78, 5) is 18.0. The fourth-order valence-electron chi connectivity index (χ4n) is 3.36. The number of anilines is 1. The second kappa shape index (κ2) is 6.29. The van der Waals surface area contributed by atoms with E-state index in [1.165, 1.54) is 11.0 Å². The summed E-state index contributed by atoms with van der Waals surface area (Å²) >= 11 is 0. The Hall–Kier alpha value is -3.49. The van der Waals surface area contributed by atoms with Crippen molar-refractivity contribution in [3.63, 3.8) is 0 Å². The molecule has 0 radical (unpaired) electrons. The Bertz CT molecular complexity index is 1080. The van der Waals surface area contributed by atoms with E-state index in [9.17, 15) is 13.6 Å². The molecule has 2 aromatic carbocycles. The summed E-state index contributed by atoms with van der Waals surface area (Å²) in [7, 11) is 0. The van der Waals surface area contributed by atoms with Gasteiger partial charge in [-0.25, -0.2) is 8.78 Å². The summed E-state index contributed by atoms with van der Waals surface area (Å²) in [5.41, 5.74) is 0.696. The minimum Gasteiger partial charge on any atom is -0.454 e. The van der Waals surface area contributed by atoms with Crippen LogP contribution >= 0.6 is 0 Å². The zero-order valence-electron chi connectivity index (χ0n) is 14.4. The lowest BCUT2D eigenvalue weighted by atomic mass is 10.1. The molecule has 1 unspecified atom stereocenters. The van der Waals surface area contributed by atoms with Gasteiger partial charge in [0.15, 0.2) is 17.3 Å². The van der Waals surface area contributed by atoms with E-state index in [0.717, 1.165) is 12.1 Å². The summed E-state index contributed by atoms with van der Waals surface area (Å²) in [5, 5.41) is 3.98. The smallest absolute Gasteiger partial charge is 0.258 e. The van der Waals surface area contributed by atoms with Gasteiger partial charge in [0.05, 0.1) is 5.69 Å². The van der Waals surface area contributed by atoms with E-state index < -0.39 is 11.6 Å². The summed E-state index contributed by atoms with van der Waals surface area (Å²) < 4.78 is 43.1. The van der Waals surface area contributed by atoms with Gasteiger partial charge in [0.2, 0.25) is 12.7 Å². The molecular formula is C19H13F2N3O4. The summed E-state index contributed by atoms with van der Waals surface area (Å²) in [6.07, 6.45) is 0.108. The molecule has 3 heterocycles. The number of amides is 1. The van der Waals surface area contributed by atoms with Gasteiger partial charge in [0.1, 0.15) is 11.6 Å². The van der Waals surface area contributed by atoms with E-state index in [1.807, 2.05) is 0 Å². The second-order valence-corrected chi connectivity index (χ2v) is 6.53. The maximum absolute atomic E-state index is 14.0. The highest BCUT2D eigenvalue weighted by Gasteiger charge is 2.36. The first-order chi connectivity index (χ1) is 13.6. The Morgan fingerprint density at radius 1 is 1.07 bits per heavy atom. The first kappa shape index (κ1) is 16.7. The highest BCUT2D eigenvalue weighted by molar-refractivity contribution is 5.96. The molecule has 1 amide bonds. The number of halogens is 2. The number of ether oxygens (including phenoxy) is 2. The minimum atomic E-state index is -0.789. The van der Waals surface area contributed by atoms with Gasteiger partial charge in [-0.1, -0.05) is 5.16 Å². The third kappa shape index (κ3) is 2.75. The van der Waals surface area contributed by atoms with Crippen LogP contribution in [0.15, 0.2) is 40.9 Å². The van der Waals surface area contributed by atoms with Crippen LogP contribution in [0.4, 0.5) is 14.5 Å². The molecule has 1 fully saturated rings. The minimum absolute atomic E-state index is 0.0355. The van der Waals surface area contributed by atoms with Crippen molar-refractivity contribution < 1.29 is 27.6 Å². The molecule has 0 aliphatic carbocycles. The molecule has 1 aromatic heterocycles. The zero-order valence-corrected chi connectivity index (χ0v) is 14.4. The second-order valence-electron chi connectivity index (χ2n) is 6.53. The van der Waals surface area contributed by atoms with Gasteiger partial charge in [0.25, 0.3) is 5.89 Å². The van der Waals surface area contributed by atoms with E-state index in [0.29, 0.717) is 22.9 Å². The predicted molar refractivity (Wildman–Crippen MR) is 91.9 cm³/mol. The summed E-state index contributed by atoms with van der Waals surface area (Å²) in [6.45, 7) is 0.343. The van der Waals surface area contributed by atoms with Gasteiger partial charge in [-0.15, -0.1) is 0 Å². The monoisotopic (exact) mass is 385 g/mol. The third-order valence-corrected chi connectivity index (χ3v) is 4.75. The van der Waals surface area contributed by atoms with Crippen LogP contribution in [0.5, 0.6) is 11.5 Å². The van der Waals surface area contributed by atoms with Crippen molar-refractivity contribution in [3.05, 3.63) is 53.9 Å². The number of carbonyl (C=O) groups is 1.